The van der Waals surface area contributed by atoms with E-state index >= 15 is 0 Å². The molecule has 25 heavy (non-hydrogen) atoms. The van der Waals surface area contributed by atoms with Gasteiger partial charge in [-0.15, -0.1) is 0 Å². The lowest BCUT2D eigenvalue weighted by atomic mass is 10.1. The van der Waals surface area contributed by atoms with Crippen LogP contribution in [-0.4, -0.2) is 27.2 Å². The average Bonchev–Trinajstić information content (AvgIpc) is 2.61. The van der Waals surface area contributed by atoms with Gasteiger partial charge in [-0.1, -0.05) is 18.2 Å². The van der Waals surface area contributed by atoms with Crippen LogP contribution in [0.4, 0.5) is 4.39 Å². The lowest BCUT2D eigenvalue weighted by Gasteiger charge is -2.17. The highest BCUT2D eigenvalue weighted by atomic mass is 19.1. The van der Waals surface area contributed by atoms with Crippen LogP contribution in [0.1, 0.15) is 24.1 Å². The summed E-state index contributed by atoms with van der Waals surface area (Å²) in [6, 6.07) is 9.30. The normalized spacial score (nSPS) is 11.6. The van der Waals surface area contributed by atoms with Gasteiger partial charge in [0.05, 0.1) is 33.8 Å². The van der Waals surface area contributed by atoms with Crippen molar-refractivity contribution < 1.29 is 23.4 Å². The summed E-state index contributed by atoms with van der Waals surface area (Å²) < 4.78 is 28.9. The van der Waals surface area contributed by atoms with Crippen molar-refractivity contribution in [3.05, 3.63) is 53.3 Å². The van der Waals surface area contributed by atoms with E-state index in [4.69, 9.17) is 14.2 Å². The monoisotopic (exact) mass is 347 g/mol. The Morgan fingerprint density at radius 2 is 1.64 bits per heavy atom. The predicted molar refractivity (Wildman–Crippen MR) is 92.8 cm³/mol. The van der Waals surface area contributed by atoms with Crippen molar-refractivity contribution in [3.63, 3.8) is 0 Å². The number of methoxy groups -OCH3 is 3. The molecule has 1 amide bonds. The third kappa shape index (κ3) is 4.41. The Morgan fingerprint density at radius 1 is 1.00 bits per heavy atom. The van der Waals surface area contributed by atoms with E-state index in [-0.39, 0.29) is 24.2 Å². The van der Waals surface area contributed by atoms with Crippen molar-refractivity contribution in [3.8, 4) is 17.2 Å². The van der Waals surface area contributed by atoms with Crippen molar-refractivity contribution in [2.24, 2.45) is 0 Å². The molecular weight excluding hydrogens is 325 g/mol. The lowest BCUT2D eigenvalue weighted by Crippen LogP contribution is -2.28. The molecule has 0 aromatic heterocycles. The summed E-state index contributed by atoms with van der Waals surface area (Å²) in [4.78, 5) is 12.4. The summed E-state index contributed by atoms with van der Waals surface area (Å²) in [6.07, 6.45) is 0.120. The van der Waals surface area contributed by atoms with E-state index in [2.05, 4.69) is 5.32 Å². The first kappa shape index (κ1) is 18.6. The number of rotatable bonds is 7. The highest BCUT2D eigenvalue weighted by molar-refractivity contribution is 5.80. The third-order valence-corrected chi connectivity index (χ3v) is 3.88. The Labute approximate surface area is 146 Å². The Hall–Kier alpha value is -2.76. The summed E-state index contributed by atoms with van der Waals surface area (Å²) in [5, 5.41) is 2.89. The van der Waals surface area contributed by atoms with Crippen molar-refractivity contribution in [2.75, 3.05) is 21.3 Å². The molecule has 0 heterocycles. The number of benzene rings is 2. The quantitative estimate of drug-likeness (QED) is 0.835. The fourth-order valence-electron chi connectivity index (χ4n) is 2.60. The average molecular weight is 347 g/mol. The number of hydrogen-bond acceptors (Lipinski definition) is 4. The molecule has 5 nitrogen and oxygen atoms in total. The first-order valence-electron chi connectivity index (χ1n) is 7.82. The molecule has 6 heteroatoms. The largest absolute Gasteiger partial charge is 0.493 e. The molecule has 0 unspecified atom stereocenters. The molecule has 0 spiro atoms. The van der Waals surface area contributed by atoms with Gasteiger partial charge in [-0.25, -0.2) is 4.39 Å². The maximum absolute atomic E-state index is 13.0. The summed E-state index contributed by atoms with van der Waals surface area (Å²) in [7, 11) is 4.56. The fraction of sp³-hybridized carbons (Fsp3) is 0.316. The zero-order valence-corrected chi connectivity index (χ0v) is 14.8. The number of nitrogens with one attached hydrogen (secondary N) is 1. The van der Waals surface area contributed by atoms with Crippen molar-refractivity contribution in [1.82, 2.24) is 5.32 Å². The van der Waals surface area contributed by atoms with Gasteiger partial charge < -0.3 is 19.5 Å². The minimum atomic E-state index is -0.308. The summed E-state index contributed by atoms with van der Waals surface area (Å²) in [6.45, 7) is 1.84. The summed E-state index contributed by atoms with van der Waals surface area (Å²) in [5.74, 6) is 0.955. The van der Waals surface area contributed by atoms with E-state index < -0.39 is 0 Å². The topological polar surface area (TPSA) is 56.8 Å². The van der Waals surface area contributed by atoms with E-state index in [0.717, 1.165) is 5.56 Å². The summed E-state index contributed by atoms with van der Waals surface area (Å²) in [5.41, 5.74) is 1.51. The van der Waals surface area contributed by atoms with Crippen LogP contribution in [0.3, 0.4) is 0 Å². The number of carbonyl (C=O) groups excluding carboxylic acids is 1. The second kappa shape index (κ2) is 8.37. The van der Waals surface area contributed by atoms with Gasteiger partial charge in [0.2, 0.25) is 11.7 Å². The van der Waals surface area contributed by atoms with Crippen LogP contribution in [0.25, 0.3) is 0 Å². The Balaban J connectivity index is 2.13. The van der Waals surface area contributed by atoms with E-state index in [1.54, 1.807) is 24.3 Å². The number of halogens is 1. The maximum Gasteiger partial charge on any atom is 0.225 e. The highest BCUT2D eigenvalue weighted by Gasteiger charge is 2.18. The van der Waals surface area contributed by atoms with Crippen LogP contribution in [-0.2, 0) is 11.2 Å². The molecule has 0 fully saturated rings. The van der Waals surface area contributed by atoms with Gasteiger partial charge in [-0.3, -0.25) is 4.79 Å². The van der Waals surface area contributed by atoms with Gasteiger partial charge in [0.1, 0.15) is 5.82 Å². The molecule has 0 aliphatic rings. The van der Waals surface area contributed by atoms with E-state index in [1.807, 2.05) is 6.92 Å². The molecule has 0 aliphatic heterocycles. The highest BCUT2D eigenvalue weighted by Crippen LogP contribution is 2.39. The van der Waals surface area contributed by atoms with Crippen LogP contribution >= 0.6 is 0 Å². The van der Waals surface area contributed by atoms with Gasteiger partial charge in [0.25, 0.3) is 0 Å². The van der Waals surface area contributed by atoms with Crippen LogP contribution in [0.5, 0.6) is 17.2 Å². The molecule has 2 rings (SSSR count). The zero-order chi connectivity index (χ0) is 18.4. The molecule has 0 radical (unpaired) electrons. The molecule has 134 valence electrons. The van der Waals surface area contributed by atoms with Crippen LogP contribution < -0.4 is 19.5 Å². The number of carbonyl (C=O) groups is 1. The van der Waals surface area contributed by atoms with Gasteiger partial charge >= 0.3 is 0 Å². The first-order valence-corrected chi connectivity index (χ1v) is 7.82. The number of ether oxygens (including phenoxy) is 3. The van der Waals surface area contributed by atoms with E-state index in [9.17, 15) is 9.18 Å². The lowest BCUT2D eigenvalue weighted by molar-refractivity contribution is -0.121. The molecule has 0 saturated carbocycles. The Morgan fingerprint density at radius 3 is 2.20 bits per heavy atom. The Bertz CT molecular complexity index is 731. The maximum atomic E-state index is 13.0. The third-order valence-electron chi connectivity index (χ3n) is 3.88. The zero-order valence-electron chi connectivity index (χ0n) is 14.8. The molecular formula is C19H22FNO4. The second-order valence-corrected chi connectivity index (χ2v) is 5.51. The Kier molecular flexibility index (Phi) is 6.22. The van der Waals surface area contributed by atoms with Gasteiger partial charge in [0, 0.05) is 5.56 Å². The predicted octanol–water partition coefficient (Wildman–Crippen LogP) is 3.27. The van der Waals surface area contributed by atoms with E-state index in [0.29, 0.717) is 22.8 Å². The van der Waals surface area contributed by atoms with Gasteiger partial charge in [-0.2, -0.15) is 0 Å². The van der Waals surface area contributed by atoms with Crippen molar-refractivity contribution >= 4 is 5.91 Å². The molecule has 0 saturated heterocycles. The molecule has 2 aromatic rings. The van der Waals surface area contributed by atoms with E-state index in [1.165, 1.54) is 33.5 Å². The molecule has 0 aliphatic carbocycles. The van der Waals surface area contributed by atoms with Crippen LogP contribution in [0.15, 0.2) is 36.4 Å². The second-order valence-electron chi connectivity index (χ2n) is 5.51. The molecule has 1 atom stereocenters. The fourth-order valence-corrected chi connectivity index (χ4v) is 2.60. The van der Waals surface area contributed by atoms with Crippen LogP contribution in [0, 0.1) is 5.82 Å². The molecule has 2 aromatic carbocycles. The minimum Gasteiger partial charge on any atom is -0.493 e. The minimum absolute atomic E-state index is 0.120. The van der Waals surface area contributed by atoms with Crippen LogP contribution in [0.2, 0.25) is 0 Å². The smallest absolute Gasteiger partial charge is 0.225 e. The van der Waals surface area contributed by atoms with Crippen molar-refractivity contribution in [2.45, 2.75) is 19.4 Å². The number of hydrogen-bond donors (Lipinski definition) is 1. The van der Waals surface area contributed by atoms with Crippen molar-refractivity contribution in [1.29, 1.82) is 0 Å². The van der Waals surface area contributed by atoms with Gasteiger partial charge in [-0.05, 0) is 30.7 Å². The SMILES string of the molecule is COc1ccc(CC(=O)N[C@H](C)c2ccc(F)cc2)c(OC)c1OC. The first-order chi connectivity index (χ1) is 12.0. The molecule has 0 bridgehead atoms. The summed E-state index contributed by atoms with van der Waals surface area (Å²) >= 11 is 0. The standard InChI is InChI=1S/C19H22FNO4/c1-12(13-5-8-15(20)9-6-13)21-17(22)11-14-7-10-16(23-2)19(25-4)18(14)24-3/h5-10,12H,11H2,1-4H3,(H,21,22)/t12-/m1/s1. The van der Waals surface area contributed by atoms with Gasteiger partial charge in [0.15, 0.2) is 11.5 Å². The number of amides is 1. The molecule has 1 N–H and O–H groups in total.